The fourth-order valence-electron chi connectivity index (χ4n) is 3.69. The molecule has 1 aromatic carbocycles. The highest BCUT2D eigenvalue weighted by Crippen LogP contribution is 2.36. The molecule has 2 heterocycles. The van der Waals surface area contributed by atoms with Gasteiger partial charge in [-0.05, 0) is 51.1 Å². The summed E-state index contributed by atoms with van der Waals surface area (Å²) < 4.78 is 83.2. The maximum absolute atomic E-state index is 13.6. The van der Waals surface area contributed by atoms with Gasteiger partial charge < -0.3 is 19.8 Å². The van der Waals surface area contributed by atoms with E-state index >= 15 is 0 Å². The van der Waals surface area contributed by atoms with Crippen molar-refractivity contribution in [3.8, 4) is 0 Å². The van der Waals surface area contributed by atoms with Gasteiger partial charge in [0.05, 0.1) is 10.6 Å². The van der Waals surface area contributed by atoms with Crippen LogP contribution in [0.1, 0.15) is 24.8 Å². The third kappa shape index (κ3) is 10.4. The number of ether oxygens (including phenoxy) is 1. The topological polar surface area (TPSA) is 90.3 Å². The number of nitrogens with zero attached hydrogens (tertiary/aromatic N) is 2. The van der Waals surface area contributed by atoms with Gasteiger partial charge >= 0.3 is 24.3 Å². The highest BCUT2D eigenvalue weighted by Gasteiger charge is 2.43. The maximum atomic E-state index is 13.6. The minimum Gasteiger partial charge on any atom is -0.475 e. The second-order valence-electron chi connectivity index (χ2n) is 8.46. The van der Waals surface area contributed by atoms with E-state index in [2.05, 4.69) is 23.9 Å². The Balaban J connectivity index is 0.000000383. The third-order valence-corrected chi connectivity index (χ3v) is 5.77. The molecule has 1 aromatic rings. The summed E-state index contributed by atoms with van der Waals surface area (Å²) in [5.74, 6) is -5.85. The Morgan fingerprint density at radius 2 is 1.67 bits per heavy atom. The summed E-state index contributed by atoms with van der Waals surface area (Å²) in [6.45, 7) is 3.53. The SMILES string of the molecule is CN(C)[C@@H]1CCO[C@]2(CCN(Cc3ccc(Cl)c(F)c3)C2)C1.O=C(O)C(F)(F)F.O=C(O)C(F)(F)F. The van der Waals surface area contributed by atoms with Gasteiger partial charge in [0.25, 0.3) is 0 Å². The molecule has 0 radical (unpaired) electrons. The molecule has 0 unspecified atom stereocenters. The van der Waals surface area contributed by atoms with Gasteiger partial charge in [-0.2, -0.15) is 26.3 Å². The molecule has 36 heavy (non-hydrogen) atoms. The minimum atomic E-state index is -5.08. The van der Waals surface area contributed by atoms with Crippen LogP contribution in [0.3, 0.4) is 0 Å². The fraction of sp³-hybridized carbons (Fsp3) is 0.619. The first-order valence-electron chi connectivity index (χ1n) is 10.4. The molecule has 2 aliphatic rings. The number of aliphatic carboxylic acids is 2. The van der Waals surface area contributed by atoms with Crippen molar-refractivity contribution in [3.63, 3.8) is 0 Å². The molecular formula is C21H26ClF7N2O5. The van der Waals surface area contributed by atoms with Crippen LogP contribution in [-0.2, 0) is 20.9 Å². The van der Waals surface area contributed by atoms with E-state index in [1.54, 1.807) is 6.07 Å². The molecule has 2 saturated heterocycles. The van der Waals surface area contributed by atoms with Crippen molar-refractivity contribution < 1.29 is 55.3 Å². The first-order valence-corrected chi connectivity index (χ1v) is 10.8. The molecule has 2 fully saturated rings. The number of carbonyl (C=O) groups is 2. The molecule has 7 nitrogen and oxygen atoms in total. The number of likely N-dealkylation sites (tertiary alicyclic amines) is 1. The molecule has 3 rings (SSSR count). The molecule has 0 saturated carbocycles. The van der Waals surface area contributed by atoms with Crippen molar-refractivity contribution in [2.75, 3.05) is 33.8 Å². The smallest absolute Gasteiger partial charge is 0.475 e. The largest absolute Gasteiger partial charge is 0.490 e. The Bertz CT molecular complexity index is 874. The van der Waals surface area contributed by atoms with Crippen molar-refractivity contribution in [3.05, 3.63) is 34.6 Å². The van der Waals surface area contributed by atoms with Gasteiger partial charge in [-0.15, -0.1) is 0 Å². The van der Waals surface area contributed by atoms with E-state index in [0.29, 0.717) is 6.04 Å². The van der Waals surface area contributed by atoms with Crippen molar-refractivity contribution in [2.24, 2.45) is 0 Å². The molecule has 0 bridgehead atoms. The lowest BCUT2D eigenvalue weighted by molar-refractivity contribution is -0.193. The summed E-state index contributed by atoms with van der Waals surface area (Å²) in [5.41, 5.74) is 0.956. The predicted molar refractivity (Wildman–Crippen MR) is 114 cm³/mol. The van der Waals surface area contributed by atoms with Crippen molar-refractivity contribution >= 4 is 23.5 Å². The number of halogens is 8. The number of carboxylic acids is 2. The standard InChI is InChI=1S/C17H24ClFN2O.2C2HF3O2/c1-20(2)14-5-8-22-17(10-14)6-7-21(12-17)11-13-3-4-15(18)16(19)9-13;2*3-2(4,5)1(6)7/h3-4,9,14H,5-8,10-12H2,1-2H3;2*(H,6,7)/t14-,17-;;/m1../s1. The molecule has 1 spiro atoms. The first kappa shape index (κ1) is 31.9. The Labute approximate surface area is 207 Å². The average molecular weight is 555 g/mol. The molecular weight excluding hydrogens is 529 g/mol. The zero-order valence-electron chi connectivity index (χ0n) is 19.3. The molecule has 0 aromatic heterocycles. The van der Waals surface area contributed by atoms with Gasteiger partial charge in [0, 0.05) is 32.3 Å². The van der Waals surface area contributed by atoms with Crippen LogP contribution in [0.15, 0.2) is 18.2 Å². The van der Waals surface area contributed by atoms with E-state index < -0.39 is 24.3 Å². The van der Waals surface area contributed by atoms with Gasteiger partial charge in [-0.25, -0.2) is 14.0 Å². The molecule has 2 N–H and O–H groups in total. The van der Waals surface area contributed by atoms with Gasteiger partial charge in [0.1, 0.15) is 5.82 Å². The summed E-state index contributed by atoms with van der Waals surface area (Å²) in [7, 11) is 4.29. The summed E-state index contributed by atoms with van der Waals surface area (Å²) in [4.78, 5) is 22.5. The molecule has 206 valence electrons. The van der Waals surface area contributed by atoms with Gasteiger partial charge in [0.2, 0.25) is 0 Å². The highest BCUT2D eigenvalue weighted by molar-refractivity contribution is 6.30. The van der Waals surface area contributed by atoms with E-state index in [4.69, 9.17) is 36.1 Å². The fourth-order valence-corrected chi connectivity index (χ4v) is 3.80. The Kier molecular flexibility index (Phi) is 11.4. The number of benzene rings is 1. The van der Waals surface area contributed by atoms with E-state index in [0.717, 1.165) is 51.1 Å². The quantitative estimate of drug-likeness (QED) is 0.534. The number of carboxylic acid groups (broad SMARTS) is 2. The highest BCUT2D eigenvalue weighted by atomic mass is 35.5. The summed E-state index contributed by atoms with van der Waals surface area (Å²) >= 11 is 5.75. The van der Waals surface area contributed by atoms with Crippen LogP contribution in [0.25, 0.3) is 0 Å². The van der Waals surface area contributed by atoms with Crippen molar-refractivity contribution in [2.45, 2.75) is 49.8 Å². The normalized spacial score (nSPS) is 22.5. The zero-order chi connectivity index (χ0) is 27.9. The van der Waals surface area contributed by atoms with E-state index in [1.807, 2.05) is 6.07 Å². The lowest BCUT2D eigenvalue weighted by atomic mass is 9.89. The number of rotatable bonds is 3. The van der Waals surface area contributed by atoms with Crippen molar-refractivity contribution in [1.29, 1.82) is 0 Å². The lowest BCUT2D eigenvalue weighted by Gasteiger charge is -2.40. The van der Waals surface area contributed by atoms with Crippen LogP contribution in [0.4, 0.5) is 30.7 Å². The Hall–Kier alpha value is -2.16. The second-order valence-corrected chi connectivity index (χ2v) is 8.86. The van der Waals surface area contributed by atoms with Crippen LogP contribution in [0.5, 0.6) is 0 Å². The number of alkyl halides is 6. The van der Waals surface area contributed by atoms with E-state index in [-0.39, 0.29) is 16.4 Å². The molecule has 0 amide bonds. The van der Waals surface area contributed by atoms with Crippen molar-refractivity contribution in [1.82, 2.24) is 9.80 Å². The summed E-state index contributed by atoms with van der Waals surface area (Å²) in [6.07, 6.45) is -6.91. The minimum absolute atomic E-state index is 0.0157. The van der Waals surface area contributed by atoms with Crippen LogP contribution in [0.2, 0.25) is 5.02 Å². The monoisotopic (exact) mass is 554 g/mol. The molecule has 0 aliphatic carbocycles. The average Bonchev–Trinajstić information content (AvgIpc) is 3.11. The zero-order valence-corrected chi connectivity index (χ0v) is 20.1. The van der Waals surface area contributed by atoms with E-state index in [1.165, 1.54) is 6.07 Å². The molecule has 15 heteroatoms. The van der Waals surface area contributed by atoms with Crippen LogP contribution >= 0.6 is 11.6 Å². The van der Waals surface area contributed by atoms with Crippen LogP contribution in [0, 0.1) is 5.82 Å². The predicted octanol–water partition coefficient (Wildman–Crippen LogP) is 4.43. The maximum Gasteiger partial charge on any atom is 0.490 e. The van der Waals surface area contributed by atoms with Gasteiger partial charge in [-0.3, -0.25) is 4.90 Å². The lowest BCUT2D eigenvalue weighted by Crippen LogP contribution is -2.48. The summed E-state index contributed by atoms with van der Waals surface area (Å²) in [5, 5.41) is 14.4. The molecule has 2 atom stereocenters. The second kappa shape index (κ2) is 12.9. The third-order valence-electron chi connectivity index (χ3n) is 5.47. The Morgan fingerprint density at radius 3 is 2.11 bits per heavy atom. The summed E-state index contributed by atoms with van der Waals surface area (Å²) in [6, 6.07) is 5.68. The van der Waals surface area contributed by atoms with Crippen LogP contribution < -0.4 is 0 Å². The van der Waals surface area contributed by atoms with Crippen LogP contribution in [-0.4, -0.2) is 89.7 Å². The Morgan fingerprint density at radius 1 is 1.14 bits per heavy atom. The number of hydrogen-bond donors (Lipinski definition) is 2. The number of hydrogen-bond acceptors (Lipinski definition) is 5. The first-order chi connectivity index (χ1) is 16.4. The molecule has 2 aliphatic heterocycles. The van der Waals surface area contributed by atoms with Gasteiger partial charge in [-0.1, -0.05) is 17.7 Å². The van der Waals surface area contributed by atoms with Gasteiger partial charge in [0.15, 0.2) is 0 Å². The van der Waals surface area contributed by atoms with E-state index in [9.17, 15) is 30.7 Å².